The summed E-state index contributed by atoms with van der Waals surface area (Å²) in [6, 6.07) is 15.8. The highest BCUT2D eigenvalue weighted by molar-refractivity contribution is 6.76. The zero-order valence-electron chi connectivity index (χ0n) is 29.6. The lowest BCUT2D eigenvalue weighted by atomic mass is 9.91. The number of aliphatic carboxylic acids is 1. The van der Waals surface area contributed by atoms with E-state index in [1.54, 1.807) is 16.9 Å². The quantitative estimate of drug-likeness (QED) is 0.156. The lowest BCUT2D eigenvalue weighted by Gasteiger charge is -2.28. The number of carboxylic acids is 1. The van der Waals surface area contributed by atoms with E-state index in [9.17, 15) is 23.9 Å². The van der Waals surface area contributed by atoms with E-state index in [1.807, 2.05) is 43.3 Å². The predicted octanol–water partition coefficient (Wildman–Crippen LogP) is 4.29. The first-order chi connectivity index (χ1) is 24.3. The molecule has 0 radical (unpaired) electrons. The normalized spacial score (nSPS) is 17.8. The SMILES string of the molecule is Cc1ccc(Cn2cc(C(=O)Nc3cc(C4(C(=O)O)C=c5cc(CN6CCC(F)CC6)ccc5=N4)c(=O)n(COCC[Si](C)(C)C)c3)cn2)cc1. The van der Waals surface area contributed by atoms with Gasteiger partial charge in [0.1, 0.15) is 12.9 Å². The molecule has 268 valence electrons. The maximum Gasteiger partial charge on any atom is 0.340 e. The Morgan fingerprint density at radius 3 is 2.47 bits per heavy atom. The fourth-order valence-corrected chi connectivity index (χ4v) is 7.07. The Morgan fingerprint density at radius 1 is 1.04 bits per heavy atom. The van der Waals surface area contributed by atoms with E-state index in [2.05, 4.69) is 39.9 Å². The number of nitrogens with zero attached hydrogens (tertiary/aromatic N) is 5. The van der Waals surface area contributed by atoms with E-state index in [4.69, 9.17) is 4.74 Å². The number of anilines is 1. The number of likely N-dealkylation sites (tertiary alicyclic amines) is 1. The second-order valence-corrected chi connectivity index (χ2v) is 20.4. The molecule has 11 nitrogen and oxygen atoms in total. The molecule has 0 saturated carbocycles. The zero-order chi connectivity index (χ0) is 36.3. The van der Waals surface area contributed by atoms with Crippen LogP contribution in [-0.4, -0.2) is 70.2 Å². The van der Waals surface area contributed by atoms with Gasteiger partial charge >= 0.3 is 5.97 Å². The van der Waals surface area contributed by atoms with Gasteiger partial charge in [-0.1, -0.05) is 55.5 Å². The molecule has 1 saturated heterocycles. The molecule has 4 aromatic rings. The number of fused-ring (bicyclic) bond motifs is 1. The largest absolute Gasteiger partial charge is 0.479 e. The number of aromatic nitrogens is 3. The van der Waals surface area contributed by atoms with Crippen molar-refractivity contribution in [3.05, 3.63) is 116 Å². The average Bonchev–Trinajstić information content (AvgIpc) is 3.71. The number of rotatable bonds is 13. The van der Waals surface area contributed by atoms with E-state index in [0.717, 1.165) is 22.7 Å². The van der Waals surface area contributed by atoms with Crippen LogP contribution in [0.25, 0.3) is 6.08 Å². The molecule has 2 N–H and O–H groups in total. The van der Waals surface area contributed by atoms with Crippen LogP contribution in [0.2, 0.25) is 25.7 Å². The van der Waals surface area contributed by atoms with Gasteiger partial charge in [0, 0.05) is 46.7 Å². The molecule has 1 fully saturated rings. The van der Waals surface area contributed by atoms with Crippen molar-refractivity contribution in [1.29, 1.82) is 0 Å². The van der Waals surface area contributed by atoms with Gasteiger partial charge in [-0.25, -0.2) is 9.18 Å². The molecule has 0 aliphatic carbocycles. The fourth-order valence-electron chi connectivity index (χ4n) is 6.31. The zero-order valence-corrected chi connectivity index (χ0v) is 30.6. The molecule has 13 heteroatoms. The molecule has 6 rings (SSSR count). The fraction of sp³-hybridized carbons (Fsp3) is 0.395. The lowest BCUT2D eigenvalue weighted by Crippen LogP contribution is -2.39. The first-order valence-electron chi connectivity index (χ1n) is 17.3. The Morgan fingerprint density at radius 2 is 1.76 bits per heavy atom. The molecule has 2 aliphatic rings. The van der Waals surface area contributed by atoms with Gasteiger partial charge in [-0.2, -0.15) is 5.10 Å². The highest BCUT2D eigenvalue weighted by atomic mass is 28.3. The van der Waals surface area contributed by atoms with E-state index in [1.165, 1.54) is 29.1 Å². The summed E-state index contributed by atoms with van der Waals surface area (Å²) in [5.41, 5.74) is 0.886. The first-order valence-corrected chi connectivity index (χ1v) is 21.0. The van der Waals surface area contributed by atoms with Crippen LogP contribution >= 0.6 is 0 Å². The minimum Gasteiger partial charge on any atom is -0.479 e. The molecule has 2 aromatic heterocycles. The molecule has 0 spiro atoms. The molecule has 51 heavy (non-hydrogen) atoms. The number of carbonyl (C=O) groups excluding carboxylic acids is 1. The van der Waals surface area contributed by atoms with Gasteiger partial charge in [0.15, 0.2) is 0 Å². The van der Waals surface area contributed by atoms with E-state index < -0.39 is 37.2 Å². The summed E-state index contributed by atoms with van der Waals surface area (Å²) < 4.78 is 22.6. The third-order valence-electron chi connectivity index (χ3n) is 9.34. The third-order valence-corrected chi connectivity index (χ3v) is 11.0. The molecular formula is C38H45FN6O5Si. The minimum atomic E-state index is -2.04. The number of benzene rings is 2. The first kappa shape index (κ1) is 36.1. The number of hydrogen-bond acceptors (Lipinski definition) is 7. The maximum atomic E-state index is 14.1. The van der Waals surface area contributed by atoms with Crippen molar-refractivity contribution in [3.8, 4) is 0 Å². The van der Waals surface area contributed by atoms with Crippen LogP contribution in [0.3, 0.4) is 0 Å². The van der Waals surface area contributed by atoms with Crippen LogP contribution in [0, 0.1) is 6.92 Å². The van der Waals surface area contributed by atoms with E-state index in [0.29, 0.717) is 61.8 Å². The van der Waals surface area contributed by atoms with Crippen molar-refractivity contribution >= 4 is 31.7 Å². The van der Waals surface area contributed by atoms with Crippen LogP contribution in [0.4, 0.5) is 10.1 Å². The third kappa shape index (κ3) is 8.60. The molecule has 2 aromatic carbocycles. The van der Waals surface area contributed by atoms with Crippen LogP contribution in [0.5, 0.6) is 0 Å². The topological polar surface area (TPSA) is 131 Å². The lowest BCUT2D eigenvalue weighted by molar-refractivity contribution is -0.141. The number of carboxylic acid groups (broad SMARTS) is 1. The summed E-state index contributed by atoms with van der Waals surface area (Å²) in [4.78, 5) is 47.5. The summed E-state index contributed by atoms with van der Waals surface area (Å²) in [5.74, 6) is -1.79. The van der Waals surface area contributed by atoms with E-state index >= 15 is 0 Å². The number of halogens is 1. The van der Waals surface area contributed by atoms with Crippen molar-refractivity contribution in [1.82, 2.24) is 19.2 Å². The summed E-state index contributed by atoms with van der Waals surface area (Å²) in [6.45, 7) is 11.4. The predicted molar refractivity (Wildman–Crippen MR) is 196 cm³/mol. The van der Waals surface area contributed by atoms with Crippen molar-refractivity contribution in [2.75, 3.05) is 25.0 Å². The number of ether oxygens (including phenoxy) is 1. The van der Waals surface area contributed by atoms with Gasteiger partial charge in [-0.15, -0.1) is 0 Å². The van der Waals surface area contributed by atoms with Gasteiger partial charge < -0.3 is 15.2 Å². The van der Waals surface area contributed by atoms with Gasteiger partial charge in [-0.05, 0) is 66.4 Å². The highest BCUT2D eigenvalue weighted by Crippen LogP contribution is 2.29. The summed E-state index contributed by atoms with van der Waals surface area (Å²) in [7, 11) is -1.42. The number of aryl methyl sites for hydroxylation is 1. The number of alkyl halides is 1. The number of piperidine rings is 1. The van der Waals surface area contributed by atoms with Crippen molar-refractivity contribution in [3.63, 3.8) is 0 Å². The Balaban J connectivity index is 1.31. The monoisotopic (exact) mass is 712 g/mol. The molecule has 1 unspecified atom stereocenters. The molecule has 1 atom stereocenters. The maximum absolute atomic E-state index is 14.1. The summed E-state index contributed by atoms with van der Waals surface area (Å²) in [5, 5.41) is 18.9. The number of nitrogens with one attached hydrogen (secondary N) is 1. The Kier molecular flexibility index (Phi) is 10.5. The number of hydrogen-bond donors (Lipinski definition) is 2. The van der Waals surface area contributed by atoms with Crippen LogP contribution in [-0.2, 0) is 34.9 Å². The van der Waals surface area contributed by atoms with Gasteiger partial charge in [0.2, 0.25) is 5.54 Å². The molecule has 1 amide bonds. The second kappa shape index (κ2) is 14.9. The molecule has 4 heterocycles. The Labute approximate surface area is 297 Å². The van der Waals surface area contributed by atoms with Crippen molar-refractivity contribution in [2.45, 2.75) is 77.0 Å². The molecule has 0 bridgehead atoms. The molecule has 2 aliphatic heterocycles. The van der Waals surface area contributed by atoms with Gasteiger partial charge in [0.05, 0.1) is 34.9 Å². The van der Waals surface area contributed by atoms with Crippen molar-refractivity contribution in [2.24, 2.45) is 4.99 Å². The van der Waals surface area contributed by atoms with Gasteiger partial charge in [-0.3, -0.25) is 28.7 Å². The molecular weight excluding hydrogens is 668 g/mol. The van der Waals surface area contributed by atoms with E-state index in [-0.39, 0.29) is 18.0 Å². The average molecular weight is 713 g/mol. The number of pyridine rings is 1. The highest BCUT2D eigenvalue weighted by Gasteiger charge is 2.43. The standard InChI is InChI=1S/C38H45FN6O5Si/c1-26-5-7-27(8-6-26)22-45-23-30(20-40-45)35(46)41-32-18-33(36(47)44(24-32)25-50-15-16-51(2,3)4)38(37(48)49)19-29-17-28(9-10-34(29)42-38)21-43-13-11-31(39)12-14-43/h5-10,17-20,23-24,31H,11-16,21-22,25H2,1-4H3,(H,41,46)(H,48,49). The van der Waals surface area contributed by atoms with Crippen LogP contribution in [0.15, 0.2) is 76.9 Å². The summed E-state index contributed by atoms with van der Waals surface area (Å²) >= 11 is 0. The van der Waals surface area contributed by atoms with Crippen LogP contribution in [0.1, 0.15) is 45.5 Å². The minimum absolute atomic E-state index is 0.126. The smallest absolute Gasteiger partial charge is 0.340 e. The Hall–Kier alpha value is -4.72. The van der Waals surface area contributed by atoms with Gasteiger partial charge in [0.25, 0.3) is 11.5 Å². The number of amides is 1. The summed E-state index contributed by atoms with van der Waals surface area (Å²) in [6.07, 6.45) is 6.27. The number of carbonyl (C=O) groups is 2. The van der Waals surface area contributed by atoms with Crippen LogP contribution < -0.4 is 21.5 Å². The van der Waals surface area contributed by atoms with Crippen molar-refractivity contribution < 1.29 is 23.8 Å². The second-order valence-electron chi connectivity index (χ2n) is 14.8. The Bertz CT molecular complexity index is 2100.